The van der Waals surface area contributed by atoms with Gasteiger partial charge >= 0.3 is 6.03 Å². The highest BCUT2D eigenvalue weighted by atomic mass is 19.1. The molecule has 4 rings (SSSR count). The molecule has 1 aliphatic rings. The summed E-state index contributed by atoms with van der Waals surface area (Å²) >= 11 is 0. The number of hydrogen-bond donors (Lipinski definition) is 2. The van der Waals surface area contributed by atoms with Crippen LogP contribution in [0.5, 0.6) is 0 Å². The molecule has 2 amide bonds. The number of carbonyl (C=O) groups is 2. The highest BCUT2D eigenvalue weighted by molar-refractivity contribution is 6.08. The summed E-state index contributed by atoms with van der Waals surface area (Å²) in [6, 6.07) is 21.8. The second-order valence-corrected chi connectivity index (χ2v) is 8.79. The highest BCUT2D eigenvalue weighted by Crippen LogP contribution is 2.23. The first kappa shape index (κ1) is 24.1. The fraction of sp³-hybridized carbons (Fsp3) is 0.250. The molecule has 0 unspecified atom stereocenters. The van der Waals surface area contributed by atoms with Crippen LogP contribution in [-0.4, -0.2) is 36.3 Å². The molecule has 0 radical (unpaired) electrons. The highest BCUT2D eigenvalue weighted by Gasteiger charge is 2.23. The van der Waals surface area contributed by atoms with Crippen LogP contribution in [0.3, 0.4) is 0 Å². The SMILES string of the molecule is N#Cc1cccc(NC(=O)Nc2ccccc2C(=O)CN2CCC(Cc3ccc(F)cc3)CC2)c1. The van der Waals surface area contributed by atoms with Crippen molar-refractivity contribution in [1.82, 2.24) is 4.90 Å². The zero-order valence-electron chi connectivity index (χ0n) is 19.3. The number of nitriles is 1. The molecule has 35 heavy (non-hydrogen) atoms. The van der Waals surface area contributed by atoms with Gasteiger partial charge in [0.15, 0.2) is 5.78 Å². The minimum absolute atomic E-state index is 0.0515. The summed E-state index contributed by atoms with van der Waals surface area (Å²) in [6.07, 6.45) is 2.88. The Labute approximate surface area is 204 Å². The van der Waals surface area contributed by atoms with Gasteiger partial charge in [0, 0.05) is 11.3 Å². The Kier molecular flexibility index (Phi) is 7.86. The number of hydrogen-bond acceptors (Lipinski definition) is 4. The van der Waals surface area contributed by atoms with Crippen molar-refractivity contribution in [3.63, 3.8) is 0 Å². The van der Waals surface area contributed by atoms with Crippen molar-refractivity contribution in [2.75, 3.05) is 30.3 Å². The number of para-hydroxylation sites is 1. The first-order valence-electron chi connectivity index (χ1n) is 11.7. The average Bonchev–Trinajstić information content (AvgIpc) is 2.87. The number of carbonyl (C=O) groups excluding carboxylic acids is 2. The number of nitrogens with zero attached hydrogens (tertiary/aromatic N) is 2. The van der Waals surface area contributed by atoms with Crippen LogP contribution >= 0.6 is 0 Å². The van der Waals surface area contributed by atoms with Gasteiger partial charge in [-0.05, 0) is 86.3 Å². The summed E-state index contributed by atoms with van der Waals surface area (Å²) in [6.45, 7) is 1.93. The normalized spacial score (nSPS) is 14.2. The van der Waals surface area contributed by atoms with E-state index in [0.717, 1.165) is 37.9 Å². The van der Waals surface area contributed by atoms with Crippen LogP contribution in [0.2, 0.25) is 0 Å². The van der Waals surface area contributed by atoms with Crippen LogP contribution < -0.4 is 10.6 Å². The predicted octanol–water partition coefficient (Wildman–Crippen LogP) is 5.48. The van der Waals surface area contributed by atoms with Crippen LogP contribution in [0.4, 0.5) is 20.6 Å². The number of piperidine rings is 1. The molecular weight excluding hydrogens is 443 g/mol. The third kappa shape index (κ3) is 6.75. The molecule has 0 bridgehead atoms. The van der Waals surface area contributed by atoms with E-state index in [1.54, 1.807) is 48.5 Å². The van der Waals surface area contributed by atoms with Gasteiger partial charge in [-0.15, -0.1) is 0 Å². The molecule has 0 atom stereocenters. The van der Waals surface area contributed by atoms with E-state index >= 15 is 0 Å². The summed E-state index contributed by atoms with van der Waals surface area (Å²) in [5.41, 5.74) is 2.98. The van der Waals surface area contributed by atoms with Crippen molar-refractivity contribution in [3.8, 4) is 6.07 Å². The van der Waals surface area contributed by atoms with E-state index in [4.69, 9.17) is 5.26 Å². The third-order valence-corrected chi connectivity index (χ3v) is 6.24. The van der Waals surface area contributed by atoms with Crippen molar-refractivity contribution in [2.45, 2.75) is 19.3 Å². The number of amides is 2. The lowest BCUT2D eigenvalue weighted by Crippen LogP contribution is -2.38. The molecule has 0 aromatic heterocycles. The fourth-order valence-corrected chi connectivity index (χ4v) is 4.38. The lowest BCUT2D eigenvalue weighted by atomic mass is 9.90. The minimum atomic E-state index is -0.484. The molecule has 7 heteroatoms. The first-order chi connectivity index (χ1) is 17.0. The molecule has 0 saturated carbocycles. The Morgan fingerprint density at radius 3 is 2.46 bits per heavy atom. The summed E-state index contributed by atoms with van der Waals surface area (Å²) in [5, 5.41) is 14.5. The molecule has 2 N–H and O–H groups in total. The van der Waals surface area contributed by atoms with Gasteiger partial charge in [-0.2, -0.15) is 5.26 Å². The van der Waals surface area contributed by atoms with Crippen molar-refractivity contribution in [2.24, 2.45) is 5.92 Å². The van der Waals surface area contributed by atoms with E-state index < -0.39 is 6.03 Å². The van der Waals surface area contributed by atoms with Gasteiger partial charge in [-0.1, -0.05) is 30.3 Å². The molecule has 178 valence electrons. The third-order valence-electron chi connectivity index (χ3n) is 6.24. The number of ketones is 1. The van der Waals surface area contributed by atoms with Gasteiger partial charge in [0.05, 0.1) is 23.9 Å². The monoisotopic (exact) mass is 470 g/mol. The lowest BCUT2D eigenvalue weighted by Gasteiger charge is -2.31. The molecule has 1 saturated heterocycles. The van der Waals surface area contributed by atoms with E-state index in [-0.39, 0.29) is 18.1 Å². The second-order valence-electron chi connectivity index (χ2n) is 8.79. The van der Waals surface area contributed by atoms with Gasteiger partial charge in [-0.25, -0.2) is 9.18 Å². The number of urea groups is 1. The number of rotatable bonds is 7. The maximum absolute atomic E-state index is 13.1. The van der Waals surface area contributed by atoms with Crippen molar-refractivity contribution >= 4 is 23.2 Å². The van der Waals surface area contributed by atoms with Crippen LogP contribution in [-0.2, 0) is 6.42 Å². The topological polar surface area (TPSA) is 85.2 Å². The fourth-order valence-electron chi connectivity index (χ4n) is 4.38. The molecule has 1 heterocycles. The van der Waals surface area contributed by atoms with Gasteiger partial charge in [0.2, 0.25) is 0 Å². The van der Waals surface area contributed by atoms with Gasteiger partial charge in [0.25, 0.3) is 0 Å². The van der Waals surface area contributed by atoms with Crippen molar-refractivity contribution < 1.29 is 14.0 Å². The van der Waals surface area contributed by atoms with Crippen molar-refractivity contribution in [3.05, 3.63) is 95.3 Å². The summed E-state index contributed by atoms with van der Waals surface area (Å²) < 4.78 is 13.1. The van der Waals surface area contributed by atoms with Crippen molar-refractivity contribution in [1.29, 1.82) is 5.26 Å². The molecule has 1 fully saturated rings. The minimum Gasteiger partial charge on any atom is -0.308 e. The largest absolute Gasteiger partial charge is 0.323 e. The number of nitrogens with one attached hydrogen (secondary N) is 2. The lowest BCUT2D eigenvalue weighted by molar-refractivity contribution is 0.0896. The van der Waals surface area contributed by atoms with E-state index in [9.17, 15) is 14.0 Å². The van der Waals surface area contributed by atoms with Crippen LogP contribution in [0.25, 0.3) is 0 Å². The van der Waals surface area contributed by atoms with Crippen LogP contribution in [0, 0.1) is 23.1 Å². The molecule has 6 nitrogen and oxygen atoms in total. The van der Waals surface area contributed by atoms with E-state index in [1.807, 2.05) is 18.2 Å². The smallest absolute Gasteiger partial charge is 0.308 e. The number of likely N-dealkylation sites (tertiary alicyclic amines) is 1. The molecule has 1 aliphatic heterocycles. The number of anilines is 2. The second kappa shape index (κ2) is 11.4. The van der Waals surface area contributed by atoms with E-state index in [1.165, 1.54) is 12.1 Å². The Balaban J connectivity index is 1.31. The standard InChI is InChI=1S/C28H27FN4O2/c29-23-10-8-20(9-11-23)16-21-12-14-33(15-13-21)19-27(34)25-6-1-2-7-26(25)32-28(35)31-24-5-3-4-22(17-24)18-30/h1-11,17,21H,12-16,19H2,(H2,31,32,35). The van der Waals surface area contributed by atoms with Crippen LogP contribution in [0.15, 0.2) is 72.8 Å². The molecular formula is C28H27FN4O2. The predicted molar refractivity (Wildman–Crippen MR) is 134 cm³/mol. The summed E-state index contributed by atoms with van der Waals surface area (Å²) in [5.74, 6) is 0.246. The zero-order valence-corrected chi connectivity index (χ0v) is 19.3. The number of Topliss-reactive ketones (excluding diaryl/α,β-unsaturated/α-hetero) is 1. The summed E-state index contributed by atoms with van der Waals surface area (Å²) in [7, 11) is 0. The van der Waals surface area contributed by atoms with Gasteiger partial charge < -0.3 is 10.6 Å². The van der Waals surface area contributed by atoms with E-state index in [2.05, 4.69) is 15.5 Å². The zero-order chi connectivity index (χ0) is 24.6. The maximum Gasteiger partial charge on any atom is 0.323 e. The molecule has 3 aromatic carbocycles. The van der Waals surface area contributed by atoms with Gasteiger partial charge in [-0.3, -0.25) is 9.69 Å². The van der Waals surface area contributed by atoms with E-state index in [0.29, 0.717) is 28.4 Å². The summed E-state index contributed by atoms with van der Waals surface area (Å²) in [4.78, 5) is 27.7. The number of benzene rings is 3. The molecule has 3 aromatic rings. The maximum atomic E-state index is 13.1. The molecule has 0 aliphatic carbocycles. The average molecular weight is 471 g/mol. The van der Waals surface area contributed by atoms with Crippen LogP contribution in [0.1, 0.15) is 34.3 Å². The first-order valence-corrected chi connectivity index (χ1v) is 11.7. The quantitative estimate of drug-likeness (QED) is 0.448. The molecule has 0 spiro atoms. The van der Waals surface area contributed by atoms with Gasteiger partial charge in [0.1, 0.15) is 5.82 Å². The Bertz CT molecular complexity index is 1230. The Morgan fingerprint density at radius 1 is 0.971 bits per heavy atom. The Morgan fingerprint density at radius 2 is 1.71 bits per heavy atom. The Hall–Kier alpha value is -4.02. The number of halogens is 1.